The number of nitrogen functional groups attached to an aromatic ring is 1. The summed E-state index contributed by atoms with van der Waals surface area (Å²) in [5.41, 5.74) is 9.36. The van der Waals surface area contributed by atoms with Gasteiger partial charge in [-0.25, -0.2) is 9.67 Å². The van der Waals surface area contributed by atoms with E-state index >= 15 is 0 Å². The van der Waals surface area contributed by atoms with Gasteiger partial charge in [0.2, 0.25) is 5.95 Å². The van der Waals surface area contributed by atoms with Crippen LogP contribution in [0.5, 0.6) is 0 Å². The largest absolute Gasteiger partial charge is 0.369 e. The minimum Gasteiger partial charge on any atom is -0.369 e. The number of anilines is 1. The maximum Gasteiger partial charge on any atom is 0.202 e. The summed E-state index contributed by atoms with van der Waals surface area (Å²) in [7, 11) is 0. The van der Waals surface area contributed by atoms with Gasteiger partial charge in [-0.05, 0) is 39.7 Å². The van der Waals surface area contributed by atoms with Gasteiger partial charge in [0.15, 0.2) is 5.65 Å². The van der Waals surface area contributed by atoms with Gasteiger partial charge in [-0.2, -0.15) is 5.10 Å². The number of rotatable bonds is 2. The van der Waals surface area contributed by atoms with Crippen LogP contribution in [0.2, 0.25) is 0 Å². The van der Waals surface area contributed by atoms with Crippen molar-refractivity contribution in [3.63, 3.8) is 0 Å². The number of nitrogens with zero attached hydrogens (tertiary/aromatic N) is 5. The fraction of sp³-hybridized carbons (Fsp3) is 0.733. The molecule has 2 fully saturated rings. The van der Waals surface area contributed by atoms with Crippen molar-refractivity contribution in [2.45, 2.75) is 58.2 Å². The third-order valence-corrected chi connectivity index (χ3v) is 5.22. The highest BCUT2D eigenvalue weighted by Crippen LogP contribution is 2.38. The quantitative estimate of drug-likeness (QED) is 0.917. The third kappa shape index (κ3) is 1.81. The first kappa shape index (κ1) is 13.1. The standard InChI is InChI=1S/C15H24N6/c1-3-20-14-13(10(2)18-20)17-15(16)21(14)12-7-9-19-8-5-4-6-11(12)19/h11-12H,3-9H2,1-2H3,(H2,16,17). The van der Waals surface area contributed by atoms with Crippen LogP contribution in [0, 0.1) is 6.92 Å². The fourth-order valence-corrected chi connectivity index (χ4v) is 4.28. The first-order chi connectivity index (χ1) is 10.2. The number of aryl methyl sites for hydroxylation is 2. The topological polar surface area (TPSA) is 64.9 Å². The van der Waals surface area contributed by atoms with E-state index in [1.807, 2.05) is 6.92 Å². The van der Waals surface area contributed by atoms with Crippen molar-refractivity contribution < 1.29 is 0 Å². The van der Waals surface area contributed by atoms with Crippen LogP contribution in [0.1, 0.15) is 44.3 Å². The molecule has 21 heavy (non-hydrogen) atoms. The molecule has 0 radical (unpaired) electrons. The highest BCUT2D eigenvalue weighted by Gasteiger charge is 2.38. The lowest BCUT2D eigenvalue weighted by Crippen LogP contribution is -2.38. The van der Waals surface area contributed by atoms with Crippen molar-refractivity contribution in [2.75, 3.05) is 18.8 Å². The van der Waals surface area contributed by atoms with Gasteiger partial charge in [0, 0.05) is 19.1 Å². The summed E-state index contributed by atoms with van der Waals surface area (Å²) in [6, 6.07) is 1.08. The van der Waals surface area contributed by atoms with Crippen molar-refractivity contribution in [3.8, 4) is 0 Å². The molecule has 2 aromatic rings. The summed E-state index contributed by atoms with van der Waals surface area (Å²) in [4.78, 5) is 7.24. The van der Waals surface area contributed by atoms with E-state index in [0.717, 1.165) is 23.4 Å². The Hall–Kier alpha value is -1.56. The van der Waals surface area contributed by atoms with E-state index in [0.29, 0.717) is 18.0 Å². The molecular formula is C15H24N6. The molecule has 0 aromatic carbocycles. The second-order valence-electron chi connectivity index (χ2n) is 6.37. The van der Waals surface area contributed by atoms with Crippen LogP contribution in [0.4, 0.5) is 5.95 Å². The smallest absolute Gasteiger partial charge is 0.202 e. The van der Waals surface area contributed by atoms with E-state index in [9.17, 15) is 0 Å². The Labute approximate surface area is 124 Å². The Bertz CT molecular complexity index is 669. The Morgan fingerprint density at radius 3 is 2.86 bits per heavy atom. The molecule has 6 heteroatoms. The fourth-order valence-electron chi connectivity index (χ4n) is 4.28. The number of imidazole rings is 1. The maximum absolute atomic E-state index is 6.28. The van der Waals surface area contributed by atoms with Gasteiger partial charge in [-0.15, -0.1) is 0 Å². The van der Waals surface area contributed by atoms with Gasteiger partial charge in [0.25, 0.3) is 0 Å². The molecule has 114 valence electrons. The van der Waals surface area contributed by atoms with E-state index in [2.05, 4.69) is 31.2 Å². The van der Waals surface area contributed by atoms with Crippen LogP contribution in [0.3, 0.4) is 0 Å². The van der Waals surface area contributed by atoms with E-state index in [1.165, 1.54) is 38.8 Å². The SMILES string of the molecule is CCn1nc(C)c2nc(N)n(C3CCN4CCCCC34)c21. The molecule has 4 rings (SSSR count). The first-order valence-corrected chi connectivity index (χ1v) is 8.15. The van der Waals surface area contributed by atoms with Crippen LogP contribution in [-0.2, 0) is 6.54 Å². The Balaban J connectivity index is 1.84. The lowest BCUT2D eigenvalue weighted by atomic mass is 9.99. The van der Waals surface area contributed by atoms with Crippen LogP contribution in [-0.4, -0.2) is 43.4 Å². The summed E-state index contributed by atoms with van der Waals surface area (Å²) < 4.78 is 4.33. The number of nitrogens with two attached hydrogens (primary N) is 1. The highest BCUT2D eigenvalue weighted by molar-refractivity contribution is 5.77. The van der Waals surface area contributed by atoms with Gasteiger partial charge < -0.3 is 5.73 Å². The second kappa shape index (κ2) is 4.73. The number of hydrogen-bond acceptors (Lipinski definition) is 4. The second-order valence-corrected chi connectivity index (χ2v) is 6.37. The molecule has 2 aromatic heterocycles. The molecular weight excluding hydrogens is 264 g/mol. The monoisotopic (exact) mass is 288 g/mol. The van der Waals surface area contributed by atoms with Gasteiger partial charge >= 0.3 is 0 Å². The molecule has 0 saturated carbocycles. The number of fused-ring (bicyclic) bond motifs is 2. The number of aromatic nitrogens is 4. The minimum atomic E-state index is 0.455. The average molecular weight is 288 g/mol. The lowest BCUT2D eigenvalue weighted by molar-refractivity contribution is 0.175. The Morgan fingerprint density at radius 2 is 2.05 bits per heavy atom. The third-order valence-electron chi connectivity index (χ3n) is 5.22. The van der Waals surface area contributed by atoms with Gasteiger partial charge in [-0.1, -0.05) is 6.42 Å². The van der Waals surface area contributed by atoms with E-state index in [-0.39, 0.29) is 0 Å². The van der Waals surface area contributed by atoms with Crippen molar-refractivity contribution in [2.24, 2.45) is 0 Å². The van der Waals surface area contributed by atoms with Crippen molar-refractivity contribution in [1.82, 2.24) is 24.2 Å². The van der Waals surface area contributed by atoms with Gasteiger partial charge in [0.05, 0.1) is 11.7 Å². The number of piperidine rings is 1. The maximum atomic E-state index is 6.28. The molecule has 4 heterocycles. The number of hydrogen-bond donors (Lipinski definition) is 1. The molecule has 0 spiro atoms. The first-order valence-electron chi connectivity index (χ1n) is 8.15. The zero-order valence-electron chi connectivity index (χ0n) is 12.9. The summed E-state index contributed by atoms with van der Waals surface area (Å²) in [5, 5.41) is 4.61. The molecule has 2 unspecified atom stereocenters. The zero-order valence-corrected chi connectivity index (χ0v) is 12.9. The van der Waals surface area contributed by atoms with E-state index < -0.39 is 0 Å². The molecule has 2 saturated heterocycles. The van der Waals surface area contributed by atoms with Gasteiger partial charge in [0.1, 0.15) is 5.52 Å². The molecule has 2 N–H and O–H groups in total. The summed E-state index contributed by atoms with van der Waals surface area (Å²) >= 11 is 0. The predicted octanol–water partition coefficient (Wildman–Crippen LogP) is 1.94. The van der Waals surface area contributed by atoms with Crippen LogP contribution in [0.15, 0.2) is 0 Å². The molecule has 0 amide bonds. The van der Waals surface area contributed by atoms with Crippen LogP contribution in [0.25, 0.3) is 11.2 Å². The molecule has 2 aliphatic heterocycles. The molecule has 6 nitrogen and oxygen atoms in total. The zero-order chi connectivity index (χ0) is 14.6. The summed E-state index contributed by atoms with van der Waals surface area (Å²) in [5.74, 6) is 0.658. The minimum absolute atomic E-state index is 0.455. The van der Waals surface area contributed by atoms with E-state index in [4.69, 9.17) is 5.73 Å². The molecule has 2 aliphatic rings. The van der Waals surface area contributed by atoms with E-state index in [1.54, 1.807) is 0 Å². The van der Waals surface area contributed by atoms with Crippen LogP contribution >= 0.6 is 0 Å². The molecule has 2 atom stereocenters. The normalized spacial score (nSPS) is 26.6. The molecule has 0 aliphatic carbocycles. The van der Waals surface area contributed by atoms with Gasteiger partial charge in [-0.3, -0.25) is 9.47 Å². The van der Waals surface area contributed by atoms with Crippen LogP contribution < -0.4 is 5.73 Å². The summed E-state index contributed by atoms with van der Waals surface area (Å²) in [6.45, 7) is 7.43. The Kier molecular flexibility index (Phi) is 2.96. The Morgan fingerprint density at radius 1 is 1.19 bits per heavy atom. The lowest BCUT2D eigenvalue weighted by Gasteiger charge is -2.33. The van der Waals surface area contributed by atoms with Crippen molar-refractivity contribution in [1.29, 1.82) is 0 Å². The summed E-state index contributed by atoms with van der Waals surface area (Å²) in [6.07, 6.45) is 5.13. The average Bonchev–Trinajstić information content (AvgIpc) is 3.13. The highest BCUT2D eigenvalue weighted by atomic mass is 15.4. The van der Waals surface area contributed by atoms with Crippen molar-refractivity contribution >= 4 is 17.1 Å². The molecule has 0 bridgehead atoms. The van der Waals surface area contributed by atoms with Crippen molar-refractivity contribution in [3.05, 3.63) is 5.69 Å². The predicted molar refractivity (Wildman–Crippen MR) is 83.2 cm³/mol.